The van der Waals surface area contributed by atoms with Crippen molar-refractivity contribution in [3.63, 3.8) is 0 Å². The van der Waals surface area contributed by atoms with E-state index in [1.165, 1.54) is 11.3 Å². The van der Waals surface area contributed by atoms with Crippen LogP contribution in [-0.4, -0.2) is 29.0 Å². The van der Waals surface area contributed by atoms with E-state index in [1.807, 2.05) is 30.5 Å². The number of quaternary nitrogens is 1. The van der Waals surface area contributed by atoms with Gasteiger partial charge < -0.3 is 19.7 Å². The summed E-state index contributed by atoms with van der Waals surface area (Å²) in [6.45, 7) is 7.37. The van der Waals surface area contributed by atoms with Gasteiger partial charge in [-0.15, -0.1) is 0 Å². The summed E-state index contributed by atoms with van der Waals surface area (Å²) in [6, 6.07) is 11.3. The van der Waals surface area contributed by atoms with Crippen molar-refractivity contribution in [3.05, 3.63) is 65.0 Å². The number of hydrogen-bond acceptors (Lipinski definition) is 3. The van der Waals surface area contributed by atoms with Crippen LogP contribution in [0, 0.1) is 11.8 Å². The highest BCUT2D eigenvalue weighted by Gasteiger charge is 2.34. The van der Waals surface area contributed by atoms with Gasteiger partial charge in [0, 0.05) is 34.5 Å². The SMILES string of the molecule is C[C@@H]1C[C@@H](C)C[NH+](Cc2c(O)ccc3c2O/C(=C/c2c[nH]c4ccccc24)C3=O)C1. The quantitative estimate of drug-likeness (QED) is 0.586. The van der Waals surface area contributed by atoms with Crippen molar-refractivity contribution >= 4 is 22.8 Å². The number of aromatic nitrogens is 1. The first-order chi connectivity index (χ1) is 14.5. The number of para-hydroxylation sites is 1. The Hall–Kier alpha value is -3.05. The number of Topliss-reactive ketones (excluding diaryl/α,β-unsaturated/α-hetero) is 1. The predicted octanol–water partition coefficient (Wildman–Crippen LogP) is 3.55. The Balaban J connectivity index is 1.48. The Morgan fingerprint density at radius 1 is 1.17 bits per heavy atom. The lowest BCUT2D eigenvalue weighted by Gasteiger charge is -2.32. The van der Waals surface area contributed by atoms with Crippen LogP contribution in [-0.2, 0) is 6.54 Å². The smallest absolute Gasteiger partial charge is 0.231 e. The molecule has 2 aromatic carbocycles. The van der Waals surface area contributed by atoms with Gasteiger partial charge in [-0.1, -0.05) is 32.0 Å². The molecule has 2 aliphatic rings. The number of ketones is 1. The summed E-state index contributed by atoms with van der Waals surface area (Å²) >= 11 is 0. The molecular weight excluding hydrogens is 376 g/mol. The minimum absolute atomic E-state index is 0.132. The normalized spacial score (nSPS) is 24.9. The molecule has 0 radical (unpaired) electrons. The molecule has 1 fully saturated rings. The number of rotatable bonds is 3. The summed E-state index contributed by atoms with van der Waals surface area (Å²) in [5, 5.41) is 11.6. The molecular formula is C25H27N2O3+. The number of H-pyrrole nitrogens is 1. The zero-order chi connectivity index (χ0) is 20.8. The van der Waals surface area contributed by atoms with Crippen LogP contribution in [0.2, 0.25) is 0 Å². The number of carbonyl (C=O) groups excluding carboxylic acids is 1. The maximum absolute atomic E-state index is 13.0. The molecule has 0 aliphatic carbocycles. The largest absolute Gasteiger partial charge is 0.507 e. The Morgan fingerprint density at radius 2 is 1.93 bits per heavy atom. The zero-order valence-corrected chi connectivity index (χ0v) is 17.4. The van der Waals surface area contributed by atoms with Gasteiger partial charge in [0.2, 0.25) is 5.78 Å². The van der Waals surface area contributed by atoms with Crippen molar-refractivity contribution in [1.82, 2.24) is 4.98 Å². The third kappa shape index (κ3) is 3.29. The topological polar surface area (TPSA) is 66.8 Å². The van der Waals surface area contributed by atoms with E-state index in [2.05, 4.69) is 18.8 Å². The van der Waals surface area contributed by atoms with Crippen molar-refractivity contribution < 1.29 is 19.5 Å². The number of aromatic hydroxyl groups is 1. The molecule has 0 unspecified atom stereocenters. The molecule has 5 nitrogen and oxygen atoms in total. The number of benzene rings is 2. The first kappa shape index (κ1) is 18.9. The van der Waals surface area contributed by atoms with Gasteiger partial charge in [-0.2, -0.15) is 0 Å². The molecule has 154 valence electrons. The maximum Gasteiger partial charge on any atom is 0.231 e. The fourth-order valence-corrected chi connectivity index (χ4v) is 5.14. The maximum atomic E-state index is 13.0. The van der Waals surface area contributed by atoms with Crippen LogP contribution in [0.5, 0.6) is 11.5 Å². The second-order valence-electron chi connectivity index (χ2n) is 8.95. The Bertz CT molecular complexity index is 1150. The second-order valence-corrected chi connectivity index (χ2v) is 8.95. The summed E-state index contributed by atoms with van der Waals surface area (Å²) in [6.07, 6.45) is 4.92. The number of ether oxygens (including phenoxy) is 1. The third-order valence-electron chi connectivity index (χ3n) is 6.33. The van der Waals surface area contributed by atoms with Crippen LogP contribution < -0.4 is 9.64 Å². The van der Waals surface area contributed by atoms with Crippen molar-refractivity contribution in [3.8, 4) is 11.5 Å². The van der Waals surface area contributed by atoms with Gasteiger partial charge in [0.15, 0.2) is 11.5 Å². The number of carbonyl (C=O) groups is 1. The van der Waals surface area contributed by atoms with Crippen LogP contribution in [0.1, 0.15) is 41.8 Å². The van der Waals surface area contributed by atoms with Gasteiger partial charge in [-0.3, -0.25) is 4.79 Å². The van der Waals surface area contributed by atoms with Crippen LogP contribution in [0.4, 0.5) is 0 Å². The summed E-state index contributed by atoms with van der Waals surface area (Å²) in [7, 11) is 0. The predicted molar refractivity (Wildman–Crippen MR) is 117 cm³/mol. The Kier molecular flexibility index (Phi) is 4.63. The van der Waals surface area contributed by atoms with E-state index in [4.69, 9.17) is 4.74 Å². The standard InChI is InChI=1S/C25H26N2O3/c1-15-9-16(2)13-27(12-15)14-20-22(28)8-7-19-24(29)23(30-25(19)20)10-17-11-26-21-6-4-3-5-18(17)21/h3-8,10-11,15-16,26,28H,9,12-14H2,1-2H3/p+1/b23-10+/t15-,16-/m1/s1. The molecule has 2 aliphatic heterocycles. The van der Waals surface area contributed by atoms with Gasteiger partial charge in [0.25, 0.3) is 0 Å². The number of phenols is 1. The number of aromatic amines is 1. The van der Waals surface area contributed by atoms with Crippen molar-refractivity contribution in [1.29, 1.82) is 0 Å². The monoisotopic (exact) mass is 403 g/mol. The fraction of sp³-hybridized carbons (Fsp3) is 0.320. The van der Waals surface area contributed by atoms with E-state index < -0.39 is 0 Å². The number of allylic oxidation sites excluding steroid dienone is 1. The number of nitrogens with one attached hydrogen (secondary N) is 2. The first-order valence-electron chi connectivity index (χ1n) is 10.7. The van der Waals surface area contributed by atoms with Gasteiger partial charge in [0.1, 0.15) is 12.3 Å². The van der Waals surface area contributed by atoms with Crippen molar-refractivity contribution in [2.75, 3.05) is 13.1 Å². The lowest BCUT2D eigenvalue weighted by molar-refractivity contribution is -0.925. The van der Waals surface area contributed by atoms with Crippen molar-refractivity contribution in [2.24, 2.45) is 11.8 Å². The molecule has 0 spiro atoms. The minimum atomic E-state index is -0.132. The van der Waals surface area contributed by atoms with Crippen LogP contribution >= 0.6 is 0 Å². The van der Waals surface area contributed by atoms with E-state index >= 15 is 0 Å². The highest BCUT2D eigenvalue weighted by Crippen LogP contribution is 2.39. The van der Waals surface area contributed by atoms with Gasteiger partial charge in [-0.05, 0) is 30.7 Å². The van der Waals surface area contributed by atoms with Gasteiger partial charge >= 0.3 is 0 Å². The lowest BCUT2D eigenvalue weighted by atomic mass is 9.91. The zero-order valence-electron chi connectivity index (χ0n) is 17.4. The average molecular weight is 404 g/mol. The summed E-state index contributed by atoms with van der Waals surface area (Å²) < 4.78 is 6.07. The highest BCUT2D eigenvalue weighted by atomic mass is 16.5. The van der Waals surface area contributed by atoms with Gasteiger partial charge in [-0.25, -0.2) is 0 Å². The third-order valence-corrected chi connectivity index (χ3v) is 6.33. The molecule has 30 heavy (non-hydrogen) atoms. The van der Waals surface area contributed by atoms with Crippen molar-refractivity contribution in [2.45, 2.75) is 26.8 Å². The van der Waals surface area contributed by atoms with E-state index in [0.717, 1.165) is 35.1 Å². The molecule has 3 heterocycles. The summed E-state index contributed by atoms with van der Waals surface area (Å²) in [5.41, 5.74) is 3.20. The van der Waals surface area contributed by atoms with E-state index in [0.29, 0.717) is 35.5 Å². The molecule has 0 bridgehead atoms. The number of phenolic OH excluding ortho intramolecular Hbond substituents is 1. The van der Waals surface area contributed by atoms with Crippen LogP contribution in [0.15, 0.2) is 48.4 Å². The molecule has 0 amide bonds. The molecule has 1 saturated heterocycles. The molecule has 5 heteroatoms. The van der Waals surface area contributed by atoms with E-state index in [9.17, 15) is 9.90 Å². The lowest BCUT2D eigenvalue weighted by Crippen LogP contribution is -3.13. The fourth-order valence-electron chi connectivity index (χ4n) is 5.14. The number of likely N-dealkylation sites (tertiary alicyclic amines) is 1. The van der Waals surface area contributed by atoms with Crippen LogP contribution in [0.3, 0.4) is 0 Å². The molecule has 0 saturated carbocycles. The summed E-state index contributed by atoms with van der Waals surface area (Å²) in [4.78, 5) is 17.7. The number of piperidine rings is 1. The highest BCUT2D eigenvalue weighted by molar-refractivity contribution is 6.15. The molecule has 3 aromatic rings. The van der Waals surface area contributed by atoms with Gasteiger partial charge in [0.05, 0.1) is 24.2 Å². The minimum Gasteiger partial charge on any atom is -0.507 e. The molecule has 1 aromatic heterocycles. The van der Waals surface area contributed by atoms with E-state index in [-0.39, 0.29) is 11.5 Å². The molecule has 2 atom stereocenters. The van der Waals surface area contributed by atoms with Crippen LogP contribution in [0.25, 0.3) is 17.0 Å². The molecule has 3 N–H and O–H groups in total. The number of fused-ring (bicyclic) bond motifs is 2. The first-order valence-corrected chi connectivity index (χ1v) is 10.7. The summed E-state index contributed by atoms with van der Waals surface area (Å²) in [5.74, 6) is 2.20. The Morgan fingerprint density at radius 3 is 2.73 bits per heavy atom. The average Bonchev–Trinajstić information content (AvgIpc) is 3.25. The second kappa shape index (κ2) is 7.33. The Labute approximate surface area is 176 Å². The van der Waals surface area contributed by atoms with E-state index in [1.54, 1.807) is 18.2 Å². The molecule has 5 rings (SSSR count). The number of hydrogen-bond donors (Lipinski definition) is 3.